The van der Waals surface area contributed by atoms with Crippen LogP contribution in [0.5, 0.6) is 11.8 Å². The zero-order valence-corrected chi connectivity index (χ0v) is 12.2. The number of carbonyl (C=O) groups excluding carboxylic acids is 1. The van der Waals surface area contributed by atoms with E-state index in [0.717, 1.165) is 10.3 Å². The van der Waals surface area contributed by atoms with Crippen molar-refractivity contribution in [3.05, 3.63) is 60.2 Å². The van der Waals surface area contributed by atoms with Gasteiger partial charge in [-0.2, -0.15) is 0 Å². The number of nitrogens with zero attached hydrogens (tertiary/aromatic N) is 1. The monoisotopic (exact) mass is 309 g/mol. The molecule has 5 nitrogen and oxygen atoms in total. The fourth-order valence-corrected chi connectivity index (χ4v) is 2.96. The van der Waals surface area contributed by atoms with Gasteiger partial charge in [0.15, 0.2) is 0 Å². The molecule has 0 bridgehead atoms. The maximum absolute atomic E-state index is 12.3. The Kier molecular flexibility index (Phi) is 3.01. The Morgan fingerprint density at radius 2 is 1.52 bits per heavy atom. The van der Waals surface area contributed by atoms with Gasteiger partial charge in [-0.1, -0.05) is 42.5 Å². The van der Waals surface area contributed by atoms with E-state index < -0.39 is 5.97 Å². The Labute approximate surface area is 132 Å². The van der Waals surface area contributed by atoms with Gasteiger partial charge in [-0.25, -0.2) is 4.79 Å². The first-order chi connectivity index (χ1) is 11.2. The van der Waals surface area contributed by atoms with Gasteiger partial charge in [0.2, 0.25) is 11.8 Å². The van der Waals surface area contributed by atoms with Crippen molar-refractivity contribution >= 4 is 16.7 Å². The molecule has 0 aliphatic heterocycles. The summed E-state index contributed by atoms with van der Waals surface area (Å²) in [5.74, 6) is -1.11. The van der Waals surface area contributed by atoms with Crippen molar-refractivity contribution in [2.45, 2.75) is 12.3 Å². The summed E-state index contributed by atoms with van der Waals surface area (Å²) in [6, 6.07) is 16.5. The molecule has 0 amide bonds. The SMILES string of the molecule is O=C(On1c(O)c2ccccc2c1O)C1CC1c1ccccc1. The Morgan fingerprint density at radius 1 is 0.957 bits per heavy atom. The highest BCUT2D eigenvalue weighted by molar-refractivity contribution is 5.93. The van der Waals surface area contributed by atoms with Crippen molar-refractivity contribution in [1.82, 2.24) is 4.73 Å². The number of carbonyl (C=O) groups is 1. The number of fused-ring (bicyclic) bond motifs is 1. The van der Waals surface area contributed by atoms with Crippen molar-refractivity contribution < 1.29 is 19.8 Å². The van der Waals surface area contributed by atoms with Crippen LogP contribution in [0.25, 0.3) is 10.8 Å². The molecule has 3 aromatic rings. The molecule has 2 atom stereocenters. The first kappa shape index (κ1) is 13.7. The predicted molar refractivity (Wildman–Crippen MR) is 84.1 cm³/mol. The molecule has 0 spiro atoms. The first-order valence-corrected chi connectivity index (χ1v) is 7.45. The normalized spacial score (nSPS) is 19.7. The molecule has 1 fully saturated rings. The summed E-state index contributed by atoms with van der Waals surface area (Å²) in [6.45, 7) is 0. The molecule has 0 saturated heterocycles. The van der Waals surface area contributed by atoms with E-state index in [1.807, 2.05) is 30.3 Å². The van der Waals surface area contributed by atoms with Crippen molar-refractivity contribution in [3.63, 3.8) is 0 Å². The fraction of sp³-hybridized carbons (Fsp3) is 0.167. The Morgan fingerprint density at radius 3 is 2.13 bits per heavy atom. The van der Waals surface area contributed by atoms with E-state index in [0.29, 0.717) is 17.2 Å². The topological polar surface area (TPSA) is 71.7 Å². The Hall–Kier alpha value is -2.95. The summed E-state index contributed by atoms with van der Waals surface area (Å²) >= 11 is 0. The molecule has 1 aliphatic carbocycles. The smallest absolute Gasteiger partial charge is 0.336 e. The molecule has 1 aliphatic rings. The van der Waals surface area contributed by atoms with E-state index in [1.54, 1.807) is 24.3 Å². The van der Waals surface area contributed by atoms with Crippen molar-refractivity contribution in [1.29, 1.82) is 0 Å². The van der Waals surface area contributed by atoms with Crippen LogP contribution in [0, 0.1) is 5.92 Å². The molecule has 1 aromatic heterocycles. The summed E-state index contributed by atoms with van der Waals surface area (Å²) in [5, 5.41) is 21.1. The molecule has 1 saturated carbocycles. The van der Waals surface area contributed by atoms with Gasteiger partial charge in [0.1, 0.15) is 0 Å². The largest absolute Gasteiger partial charge is 0.492 e. The van der Waals surface area contributed by atoms with Gasteiger partial charge in [-0.3, -0.25) is 0 Å². The van der Waals surface area contributed by atoms with Crippen LogP contribution in [0.3, 0.4) is 0 Å². The van der Waals surface area contributed by atoms with Gasteiger partial charge in [0, 0.05) is 0 Å². The van der Waals surface area contributed by atoms with Crippen LogP contribution in [0.15, 0.2) is 54.6 Å². The van der Waals surface area contributed by atoms with Gasteiger partial charge in [0.05, 0.1) is 16.7 Å². The third-order valence-corrected chi connectivity index (χ3v) is 4.30. The average molecular weight is 309 g/mol. The van der Waals surface area contributed by atoms with Gasteiger partial charge in [-0.15, -0.1) is 4.73 Å². The molecule has 4 rings (SSSR count). The van der Waals surface area contributed by atoms with Crippen LogP contribution < -0.4 is 4.84 Å². The lowest BCUT2D eigenvalue weighted by Gasteiger charge is -2.06. The average Bonchev–Trinajstić information content (AvgIpc) is 3.36. The quantitative estimate of drug-likeness (QED) is 0.780. The van der Waals surface area contributed by atoms with E-state index in [4.69, 9.17) is 4.84 Å². The maximum Gasteiger partial charge on any atom is 0.336 e. The van der Waals surface area contributed by atoms with Gasteiger partial charge in [-0.05, 0) is 30.0 Å². The Balaban J connectivity index is 1.57. The highest BCUT2D eigenvalue weighted by Gasteiger charge is 2.46. The molecule has 116 valence electrons. The molecule has 2 aromatic carbocycles. The molecule has 5 heteroatoms. The van der Waals surface area contributed by atoms with Crippen LogP contribution in [0.1, 0.15) is 17.9 Å². The molecule has 0 radical (unpaired) electrons. The third-order valence-electron chi connectivity index (χ3n) is 4.30. The second-order valence-electron chi connectivity index (χ2n) is 5.76. The summed E-state index contributed by atoms with van der Waals surface area (Å²) in [5.41, 5.74) is 1.10. The van der Waals surface area contributed by atoms with E-state index in [-0.39, 0.29) is 23.6 Å². The number of aromatic nitrogens is 1. The van der Waals surface area contributed by atoms with Crippen LogP contribution >= 0.6 is 0 Å². The number of benzene rings is 2. The standard InChI is InChI=1S/C18H15NO4/c20-16-12-8-4-5-9-13(12)17(21)19(16)23-18(22)15-10-14(15)11-6-2-1-3-7-11/h1-9,14-15,20-21H,10H2. The first-order valence-electron chi connectivity index (χ1n) is 7.45. The van der Waals surface area contributed by atoms with Crippen LogP contribution in [-0.2, 0) is 4.79 Å². The van der Waals surface area contributed by atoms with Gasteiger partial charge < -0.3 is 15.1 Å². The molecular formula is C18H15NO4. The lowest BCUT2D eigenvalue weighted by atomic mass is 10.1. The lowest BCUT2D eigenvalue weighted by Crippen LogP contribution is -2.21. The van der Waals surface area contributed by atoms with E-state index in [1.165, 1.54) is 0 Å². The summed E-state index contributed by atoms with van der Waals surface area (Å²) < 4.78 is 0.799. The number of hydrogen-bond donors (Lipinski definition) is 2. The predicted octanol–water partition coefficient (Wildman–Crippen LogP) is 2.81. The molecule has 1 heterocycles. The van der Waals surface area contributed by atoms with Crippen LogP contribution in [0.4, 0.5) is 0 Å². The second kappa shape index (κ2) is 5.05. The molecule has 2 unspecified atom stereocenters. The van der Waals surface area contributed by atoms with Gasteiger partial charge in [0.25, 0.3) is 0 Å². The van der Waals surface area contributed by atoms with Gasteiger partial charge >= 0.3 is 5.97 Å². The minimum absolute atomic E-state index is 0.137. The molecule has 2 N–H and O–H groups in total. The summed E-state index contributed by atoms with van der Waals surface area (Å²) in [7, 11) is 0. The molecule has 23 heavy (non-hydrogen) atoms. The van der Waals surface area contributed by atoms with E-state index in [9.17, 15) is 15.0 Å². The van der Waals surface area contributed by atoms with Crippen molar-refractivity contribution in [2.24, 2.45) is 5.92 Å². The number of hydrogen-bond acceptors (Lipinski definition) is 4. The lowest BCUT2D eigenvalue weighted by molar-refractivity contribution is -0.147. The highest BCUT2D eigenvalue weighted by atomic mass is 16.7. The number of rotatable bonds is 3. The zero-order valence-electron chi connectivity index (χ0n) is 12.2. The number of aromatic hydroxyl groups is 2. The van der Waals surface area contributed by atoms with Crippen LogP contribution in [-0.4, -0.2) is 20.9 Å². The van der Waals surface area contributed by atoms with Crippen molar-refractivity contribution in [3.8, 4) is 11.8 Å². The zero-order chi connectivity index (χ0) is 16.0. The molecular weight excluding hydrogens is 294 g/mol. The summed E-state index contributed by atoms with van der Waals surface area (Å²) in [6.07, 6.45) is 0.713. The minimum atomic E-state index is -0.454. The summed E-state index contributed by atoms with van der Waals surface area (Å²) in [4.78, 5) is 17.5. The van der Waals surface area contributed by atoms with Crippen LogP contribution in [0.2, 0.25) is 0 Å². The Bertz CT molecular complexity index is 846. The highest BCUT2D eigenvalue weighted by Crippen LogP contribution is 2.48. The van der Waals surface area contributed by atoms with E-state index >= 15 is 0 Å². The van der Waals surface area contributed by atoms with E-state index in [2.05, 4.69) is 0 Å². The fourth-order valence-electron chi connectivity index (χ4n) is 2.96. The van der Waals surface area contributed by atoms with Crippen molar-refractivity contribution in [2.75, 3.05) is 0 Å². The minimum Gasteiger partial charge on any atom is -0.492 e. The maximum atomic E-state index is 12.3. The second-order valence-corrected chi connectivity index (χ2v) is 5.76. The third kappa shape index (κ3) is 2.21.